The molecule has 2 rings (SSSR count). The maximum absolute atomic E-state index is 12.0. The second kappa shape index (κ2) is 4.14. The third-order valence-corrected chi connectivity index (χ3v) is 2.86. The number of carbonyl (C=O) groups excluding carboxylic acids is 1. The molecule has 1 aliphatic rings. The molecule has 0 fully saturated rings. The first-order chi connectivity index (χ1) is 8.02. The van der Waals surface area contributed by atoms with E-state index in [1.165, 1.54) is 5.01 Å². The van der Waals surface area contributed by atoms with Gasteiger partial charge in [-0.25, -0.2) is 5.01 Å². The number of fused-ring (bicyclic) bond motifs is 1. The summed E-state index contributed by atoms with van der Waals surface area (Å²) in [7, 11) is 3.33. The van der Waals surface area contributed by atoms with Gasteiger partial charge in [0, 0.05) is 19.7 Å². The molecule has 0 unspecified atom stereocenters. The van der Waals surface area contributed by atoms with E-state index in [0.29, 0.717) is 5.71 Å². The molecule has 1 aromatic rings. The lowest BCUT2D eigenvalue weighted by Crippen LogP contribution is -2.31. The monoisotopic (exact) mass is 248 g/mol. The van der Waals surface area contributed by atoms with Crippen molar-refractivity contribution >= 4 is 34.6 Å². The summed E-state index contributed by atoms with van der Waals surface area (Å²) >= 11 is 4.79. The third kappa shape index (κ3) is 1.87. The molecule has 88 valence electrons. The van der Waals surface area contributed by atoms with E-state index in [1.54, 1.807) is 19.0 Å². The Morgan fingerprint density at radius 1 is 1.47 bits per heavy atom. The van der Waals surface area contributed by atoms with Gasteiger partial charge < -0.3 is 10.6 Å². The zero-order valence-electron chi connectivity index (χ0n) is 9.54. The molecule has 1 aliphatic heterocycles. The maximum atomic E-state index is 12.0. The molecule has 0 spiro atoms. The smallest absolute Gasteiger partial charge is 0.279 e. The second-order valence-corrected chi connectivity index (χ2v) is 4.11. The van der Waals surface area contributed by atoms with Crippen LogP contribution in [0.25, 0.3) is 0 Å². The summed E-state index contributed by atoms with van der Waals surface area (Å²) in [5.41, 5.74) is 7.43. The van der Waals surface area contributed by atoms with Crippen LogP contribution in [0, 0.1) is 0 Å². The van der Waals surface area contributed by atoms with Crippen LogP contribution in [0.3, 0.4) is 0 Å². The minimum atomic E-state index is -0.158. The molecule has 0 saturated heterocycles. The Morgan fingerprint density at radius 3 is 2.76 bits per heavy atom. The molecule has 0 radical (unpaired) electrons. The van der Waals surface area contributed by atoms with E-state index in [0.717, 1.165) is 11.3 Å². The highest BCUT2D eigenvalue weighted by molar-refractivity contribution is 7.80. The molecular weight excluding hydrogens is 236 g/mol. The molecule has 6 heteroatoms. The average Bonchev–Trinajstić information content (AvgIpc) is 2.55. The number of amides is 1. The van der Waals surface area contributed by atoms with E-state index in [2.05, 4.69) is 5.10 Å². The summed E-state index contributed by atoms with van der Waals surface area (Å²) < 4.78 is 0. The van der Waals surface area contributed by atoms with Gasteiger partial charge in [-0.1, -0.05) is 18.2 Å². The molecule has 0 bridgehead atoms. The molecule has 1 aromatic carbocycles. The fourth-order valence-corrected chi connectivity index (χ4v) is 1.69. The second-order valence-electron chi connectivity index (χ2n) is 3.69. The first kappa shape index (κ1) is 11.5. The highest BCUT2D eigenvalue weighted by atomic mass is 32.1. The van der Waals surface area contributed by atoms with Crippen molar-refractivity contribution in [2.24, 2.45) is 10.8 Å². The van der Waals surface area contributed by atoms with Crippen molar-refractivity contribution in [2.75, 3.05) is 19.0 Å². The van der Waals surface area contributed by atoms with Crippen molar-refractivity contribution in [3.63, 3.8) is 0 Å². The van der Waals surface area contributed by atoms with E-state index >= 15 is 0 Å². The largest absolute Gasteiger partial charge is 0.375 e. The van der Waals surface area contributed by atoms with E-state index in [9.17, 15) is 4.79 Å². The molecule has 5 nitrogen and oxygen atoms in total. The first-order valence-corrected chi connectivity index (χ1v) is 5.42. The fraction of sp³-hybridized carbons (Fsp3) is 0.182. The summed E-state index contributed by atoms with van der Waals surface area (Å²) in [4.78, 5) is 13.6. The van der Waals surface area contributed by atoms with Crippen molar-refractivity contribution in [2.45, 2.75) is 0 Å². The van der Waals surface area contributed by atoms with Crippen LogP contribution in [-0.4, -0.2) is 35.8 Å². The predicted octanol–water partition coefficient (Wildman–Crippen LogP) is 0.543. The Labute approximate surface area is 104 Å². The molecule has 0 aliphatic carbocycles. The van der Waals surface area contributed by atoms with Gasteiger partial charge in [0.2, 0.25) is 0 Å². The van der Waals surface area contributed by atoms with Gasteiger partial charge in [-0.2, -0.15) is 5.10 Å². The van der Waals surface area contributed by atoms with Crippen LogP contribution in [0.15, 0.2) is 29.4 Å². The number of nitrogens with two attached hydrogens (primary N) is 1. The maximum Gasteiger partial charge on any atom is 0.279 e. The Hall–Kier alpha value is -1.95. The number of hydrazone groups is 1. The molecule has 17 heavy (non-hydrogen) atoms. The van der Waals surface area contributed by atoms with E-state index in [4.69, 9.17) is 18.0 Å². The lowest BCUT2D eigenvalue weighted by atomic mass is 10.1. The molecule has 0 saturated carbocycles. The highest BCUT2D eigenvalue weighted by Crippen LogP contribution is 2.27. The first-order valence-electron chi connectivity index (χ1n) is 5.01. The zero-order chi connectivity index (χ0) is 12.6. The van der Waals surface area contributed by atoms with Crippen LogP contribution in [0.4, 0.5) is 5.69 Å². The fourth-order valence-electron chi connectivity index (χ4n) is 1.65. The van der Waals surface area contributed by atoms with Gasteiger partial charge in [0.05, 0.1) is 5.69 Å². The van der Waals surface area contributed by atoms with Gasteiger partial charge in [0.1, 0.15) is 0 Å². The van der Waals surface area contributed by atoms with Crippen LogP contribution in [0.2, 0.25) is 0 Å². The van der Waals surface area contributed by atoms with E-state index < -0.39 is 0 Å². The van der Waals surface area contributed by atoms with Gasteiger partial charge in [-0.3, -0.25) is 4.79 Å². The van der Waals surface area contributed by atoms with Gasteiger partial charge in [0.15, 0.2) is 10.8 Å². The average molecular weight is 248 g/mol. The number of rotatable bonds is 1. The topological polar surface area (TPSA) is 61.9 Å². The van der Waals surface area contributed by atoms with Gasteiger partial charge in [-0.05, 0) is 18.3 Å². The Balaban J connectivity index is 2.50. The molecule has 1 amide bonds. The number of nitrogens with zero attached hydrogens (tertiary/aromatic N) is 3. The number of para-hydroxylation sites is 1. The van der Waals surface area contributed by atoms with Crippen molar-refractivity contribution < 1.29 is 4.79 Å². The van der Waals surface area contributed by atoms with Crippen LogP contribution in [-0.2, 0) is 4.79 Å². The number of likely N-dealkylation sites (N-methyl/N-ethyl adjacent to an activating group) is 1. The molecule has 1 heterocycles. The van der Waals surface area contributed by atoms with Crippen molar-refractivity contribution in [1.82, 2.24) is 5.01 Å². The van der Waals surface area contributed by atoms with Gasteiger partial charge in [0.25, 0.3) is 5.91 Å². The molecule has 2 N–H and O–H groups in total. The number of hydrogen-bond donors (Lipinski definition) is 1. The van der Waals surface area contributed by atoms with Crippen LogP contribution >= 0.6 is 12.2 Å². The van der Waals surface area contributed by atoms with Crippen LogP contribution in [0.5, 0.6) is 0 Å². The molecular formula is C11H12N4OS. The van der Waals surface area contributed by atoms with Gasteiger partial charge in [-0.15, -0.1) is 0 Å². The minimum Gasteiger partial charge on any atom is -0.375 e. The van der Waals surface area contributed by atoms with E-state index in [1.807, 2.05) is 24.3 Å². The molecule has 0 aromatic heterocycles. The van der Waals surface area contributed by atoms with Crippen molar-refractivity contribution in [3.05, 3.63) is 29.8 Å². The van der Waals surface area contributed by atoms with Gasteiger partial charge >= 0.3 is 0 Å². The summed E-state index contributed by atoms with van der Waals surface area (Å²) in [6.45, 7) is 0. The Kier molecular flexibility index (Phi) is 2.81. The Bertz CT molecular complexity index is 526. The lowest BCUT2D eigenvalue weighted by molar-refractivity contribution is -0.112. The SMILES string of the molecule is CN(N=C1C(=O)N(C)c2ccccc21)C(N)=S. The normalized spacial score (nSPS) is 16.2. The predicted molar refractivity (Wildman–Crippen MR) is 70.9 cm³/mol. The summed E-state index contributed by atoms with van der Waals surface area (Å²) in [6, 6.07) is 7.46. The van der Waals surface area contributed by atoms with Crippen LogP contribution in [0.1, 0.15) is 5.56 Å². The quantitative estimate of drug-likeness (QED) is 0.582. The Morgan fingerprint density at radius 2 is 2.12 bits per heavy atom. The lowest BCUT2D eigenvalue weighted by Gasteiger charge is -2.10. The standard InChI is InChI=1S/C11H12N4OS/c1-14-8-6-4-3-5-7(8)9(10(14)16)13-15(2)11(12)17/h3-6H,1-2H3,(H2,12,17). The number of thiocarbonyl (C=S) groups is 1. The van der Waals surface area contributed by atoms with Crippen molar-refractivity contribution in [1.29, 1.82) is 0 Å². The van der Waals surface area contributed by atoms with Crippen molar-refractivity contribution in [3.8, 4) is 0 Å². The molecule has 0 atom stereocenters. The van der Waals surface area contributed by atoms with E-state index in [-0.39, 0.29) is 11.0 Å². The third-order valence-electron chi connectivity index (χ3n) is 2.60. The number of hydrogen-bond acceptors (Lipinski definition) is 3. The zero-order valence-corrected chi connectivity index (χ0v) is 10.4. The number of anilines is 1. The number of benzene rings is 1. The summed E-state index contributed by atoms with van der Waals surface area (Å²) in [5, 5.41) is 5.58. The summed E-state index contributed by atoms with van der Waals surface area (Å²) in [6.07, 6.45) is 0. The minimum absolute atomic E-state index is 0.123. The number of carbonyl (C=O) groups is 1. The summed E-state index contributed by atoms with van der Waals surface area (Å²) in [5.74, 6) is -0.158. The highest BCUT2D eigenvalue weighted by Gasteiger charge is 2.31. The van der Waals surface area contributed by atoms with Crippen LogP contribution < -0.4 is 10.6 Å².